The summed E-state index contributed by atoms with van der Waals surface area (Å²) in [5, 5.41) is 21.3. The average Bonchev–Trinajstić information content (AvgIpc) is 2.51. The number of hydrogen-bond acceptors (Lipinski definition) is 5. The Morgan fingerprint density at radius 2 is 1.10 bits per heavy atom. The van der Waals surface area contributed by atoms with Crippen LogP contribution in [0, 0.1) is 0 Å². The van der Waals surface area contributed by atoms with Crippen molar-refractivity contribution in [1.29, 1.82) is 0 Å². The highest BCUT2D eigenvalue weighted by atomic mass is 16.7. The number of aliphatic hydroxyl groups is 2. The van der Waals surface area contributed by atoms with Crippen LogP contribution in [0.1, 0.15) is 31.8 Å². The Labute approximate surface area is 119 Å². The van der Waals surface area contributed by atoms with Gasteiger partial charge in [0.25, 0.3) is 11.6 Å². The molecule has 4 rings (SSSR count). The summed E-state index contributed by atoms with van der Waals surface area (Å²) in [6, 6.07) is 12.2. The summed E-state index contributed by atoms with van der Waals surface area (Å²) in [6.45, 7) is 0. The third-order valence-electron chi connectivity index (χ3n) is 3.98. The molecule has 0 saturated heterocycles. The van der Waals surface area contributed by atoms with E-state index in [1.807, 2.05) is 0 Å². The summed E-state index contributed by atoms with van der Waals surface area (Å²) in [5.41, 5.74) is 0.270. The van der Waals surface area contributed by atoms with Gasteiger partial charge in [0, 0.05) is 22.3 Å². The van der Waals surface area contributed by atoms with Crippen LogP contribution in [0.4, 0.5) is 0 Å². The molecule has 0 spiro atoms. The van der Waals surface area contributed by atoms with E-state index in [-0.39, 0.29) is 22.3 Å². The van der Waals surface area contributed by atoms with Crippen molar-refractivity contribution in [3.63, 3.8) is 0 Å². The number of carbonyl (C=O) groups excluding carboxylic acids is 2. The second-order valence-electron chi connectivity index (χ2n) is 5.14. The minimum absolute atomic E-state index is 0.0548. The van der Waals surface area contributed by atoms with Gasteiger partial charge in [-0.1, -0.05) is 48.5 Å². The zero-order valence-electron chi connectivity index (χ0n) is 10.7. The van der Waals surface area contributed by atoms with Crippen molar-refractivity contribution in [3.8, 4) is 0 Å². The zero-order chi connectivity index (χ0) is 14.8. The van der Waals surface area contributed by atoms with Gasteiger partial charge >= 0.3 is 0 Å². The van der Waals surface area contributed by atoms with Crippen molar-refractivity contribution >= 4 is 11.6 Å². The second kappa shape index (κ2) is 3.65. The van der Waals surface area contributed by atoms with E-state index in [0.29, 0.717) is 0 Å². The SMILES string of the molecule is O=C1c2ccccc2[C@]2(O)O[C@@]1(O)c1ccccc1C2=O. The minimum Gasteiger partial charge on any atom is -0.356 e. The van der Waals surface area contributed by atoms with Gasteiger partial charge in [-0.05, 0) is 0 Å². The predicted molar refractivity (Wildman–Crippen MR) is 70.4 cm³/mol. The van der Waals surface area contributed by atoms with Gasteiger partial charge < -0.3 is 10.2 Å². The van der Waals surface area contributed by atoms with E-state index in [2.05, 4.69) is 0 Å². The number of rotatable bonds is 0. The molecule has 104 valence electrons. The third kappa shape index (κ3) is 1.30. The lowest BCUT2D eigenvalue weighted by Gasteiger charge is -2.45. The van der Waals surface area contributed by atoms with Gasteiger partial charge in [-0.3, -0.25) is 14.3 Å². The Hall–Kier alpha value is -2.34. The normalized spacial score (nSPS) is 29.8. The van der Waals surface area contributed by atoms with Crippen molar-refractivity contribution in [2.45, 2.75) is 11.6 Å². The Morgan fingerprint density at radius 3 is 1.52 bits per heavy atom. The summed E-state index contributed by atoms with van der Waals surface area (Å²) < 4.78 is 5.19. The fraction of sp³-hybridized carbons (Fsp3) is 0.125. The molecule has 0 aromatic heterocycles. The zero-order valence-corrected chi connectivity index (χ0v) is 10.7. The summed E-state index contributed by atoms with van der Waals surface area (Å²) in [7, 11) is 0. The van der Waals surface area contributed by atoms with Crippen molar-refractivity contribution in [3.05, 3.63) is 70.8 Å². The number of hydrogen-bond donors (Lipinski definition) is 2. The van der Waals surface area contributed by atoms with E-state index < -0.39 is 23.1 Å². The molecule has 0 aliphatic carbocycles. The molecule has 2 aliphatic rings. The van der Waals surface area contributed by atoms with Crippen LogP contribution in [-0.2, 0) is 16.3 Å². The van der Waals surface area contributed by atoms with Crippen LogP contribution >= 0.6 is 0 Å². The molecule has 2 aromatic carbocycles. The smallest absolute Gasteiger partial charge is 0.262 e. The Balaban J connectivity index is 2.13. The molecule has 2 aliphatic heterocycles. The molecule has 2 N–H and O–H groups in total. The van der Waals surface area contributed by atoms with Crippen LogP contribution in [0.2, 0.25) is 0 Å². The minimum atomic E-state index is -2.35. The molecule has 0 amide bonds. The second-order valence-corrected chi connectivity index (χ2v) is 5.14. The molecule has 5 nitrogen and oxygen atoms in total. The lowest BCUT2D eigenvalue weighted by atomic mass is 9.77. The van der Waals surface area contributed by atoms with Crippen molar-refractivity contribution in [2.75, 3.05) is 0 Å². The van der Waals surface area contributed by atoms with Gasteiger partial charge in [0.05, 0.1) is 0 Å². The summed E-state index contributed by atoms with van der Waals surface area (Å²) in [6.07, 6.45) is 0. The third-order valence-corrected chi connectivity index (χ3v) is 3.98. The first kappa shape index (κ1) is 12.4. The molecular weight excluding hydrogens is 272 g/mol. The highest BCUT2D eigenvalue weighted by molar-refractivity contribution is 6.14. The van der Waals surface area contributed by atoms with Crippen LogP contribution in [0.25, 0.3) is 0 Å². The summed E-state index contributed by atoms with van der Waals surface area (Å²) in [4.78, 5) is 25.1. The molecule has 2 heterocycles. The molecule has 5 heteroatoms. The van der Waals surface area contributed by atoms with E-state index >= 15 is 0 Å². The predicted octanol–water partition coefficient (Wildman–Crippen LogP) is 1.09. The first-order chi connectivity index (χ1) is 9.98. The molecule has 0 fully saturated rings. The maximum absolute atomic E-state index is 12.6. The quantitative estimate of drug-likeness (QED) is 0.755. The van der Waals surface area contributed by atoms with Crippen LogP contribution in [0.15, 0.2) is 48.5 Å². The van der Waals surface area contributed by atoms with Crippen molar-refractivity contribution in [1.82, 2.24) is 0 Å². The fourth-order valence-electron chi connectivity index (χ4n) is 2.98. The van der Waals surface area contributed by atoms with E-state index in [1.165, 1.54) is 24.3 Å². The molecule has 2 bridgehead atoms. The van der Waals surface area contributed by atoms with Crippen LogP contribution in [0.3, 0.4) is 0 Å². The first-order valence-electron chi connectivity index (χ1n) is 6.42. The number of Topliss-reactive ketones (excluding diaryl/α,β-unsaturated/α-hetero) is 2. The molecule has 0 saturated carbocycles. The van der Waals surface area contributed by atoms with Crippen LogP contribution in [0.5, 0.6) is 0 Å². The maximum Gasteiger partial charge on any atom is 0.262 e. The molecule has 0 radical (unpaired) electrons. The molecular formula is C16H10O5. The first-order valence-corrected chi connectivity index (χ1v) is 6.42. The number of benzene rings is 2. The van der Waals surface area contributed by atoms with Crippen molar-refractivity contribution in [2.24, 2.45) is 0 Å². The molecule has 2 atom stereocenters. The summed E-state index contributed by atoms with van der Waals surface area (Å²) >= 11 is 0. The maximum atomic E-state index is 12.6. The Bertz CT molecular complexity index is 744. The van der Waals surface area contributed by atoms with Gasteiger partial charge in [0.15, 0.2) is 0 Å². The lowest BCUT2D eigenvalue weighted by Crippen LogP contribution is -2.59. The van der Waals surface area contributed by atoms with Gasteiger partial charge in [0.1, 0.15) is 0 Å². The molecule has 21 heavy (non-hydrogen) atoms. The Kier molecular flexibility index (Phi) is 2.15. The van der Waals surface area contributed by atoms with Gasteiger partial charge in [-0.15, -0.1) is 0 Å². The largest absolute Gasteiger partial charge is 0.356 e. The van der Waals surface area contributed by atoms with Gasteiger partial charge in [-0.25, -0.2) is 0 Å². The fourth-order valence-corrected chi connectivity index (χ4v) is 2.98. The average molecular weight is 282 g/mol. The molecule has 2 aromatic rings. The van der Waals surface area contributed by atoms with E-state index in [0.717, 1.165) is 0 Å². The van der Waals surface area contributed by atoms with E-state index in [9.17, 15) is 19.8 Å². The number of carbonyl (C=O) groups is 2. The topological polar surface area (TPSA) is 83.8 Å². The highest BCUT2D eigenvalue weighted by Gasteiger charge is 2.62. The number of ketones is 2. The Morgan fingerprint density at radius 1 is 0.714 bits per heavy atom. The van der Waals surface area contributed by atoms with E-state index in [1.54, 1.807) is 24.3 Å². The van der Waals surface area contributed by atoms with Gasteiger partial charge in [-0.2, -0.15) is 0 Å². The lowest BCUT2D eigenvalue weighted by molar-refractivity contribution is -0.308. The van der Waals surface area contributed by atoms with Crippen LogP contribution in [-0.4, -0.2) is 21.8 Å². The molecule has 0 unspecified atom stereocenters. The number of fused-ring (bicyclic) bond motifs is 6. The van der Waals surface area contributed by atoms with Gasteiger partial charge in [0.2, 0.25) is 11.6 Å². The van der Waals surface area contributed by atoms with E-state index in [4.69, 9.17) is 4.74 Å². The van der Waals surface area contributed by atoms with Crippen LogP contribution < -0.4 is 0 Å². The highest BCUT2D eigenvalue weighted by Crippen LogP contribution is 2.48. The standard InChI is InChI=1S/C16H10O5/c17-13-9-5-1-3-7-11(9)15(19)14(18)10-6-2-4-8-12(10)16(13,20)21-15/h1-8,19-20H/t15-,16-/m0/s1. The number of ether oxygens (including phenoxy) is 1. The summed E-state index contributed by atoms with van der Waals surface area (Å²) in [5.74, 6) is -6.09. The van der Waals surface area contributed by atoms with Crippen molar-refractivity contribution < 1.29 is 24.5 Å². The monoisotopic (exact) mass is 282 g/mol.